The maximum atomic E-state index is 3.66. The number of nitrogens with zero attached hydrogens (tertiary/aromatic N) is 1. The third-order valence-corrected chi connectivity index (χ3v) is 5.45. The van der Waals surface area contributed by atoms with Crippen LogP contribution in [-0.4, -0.2) is 18.6 Å². The molecule has 0 radical (unpaired) electrons. The van der Waals surface area contributed by atoms with Crippen LogP contribution in [0.4, 0.5) is 11.4 Å². The predicted molar refractivity (Wildman–Crippen MR) is 80.9 cm³/mol. The molecule has 102 valence electrons. The van der Waals surface area contributed by atoms with Crippen LogP contribution in [0.2, 0.25) is 0 Å². The number of piperidine rings is 1. The molecule has 2 heteroatoms. The zero-order chi connectivity index (χ0) is 12.8. The van der Waals surface area contributed by atoms with E-state index in [-0.39, 0.29) is 0 Å². The van der Waals surface area contributed by atoms with Crippen LogP contribution in [0.15, 0.2) is 18.2 Å². The van der Waals surface area contributed by atoms with E-state index in [1.165, 1.54) is 55.5 Å². The Kier molecular flexibility index (Phi) is 2.71. The highest BCUT2D eigenvalue weighted by Gasteiger charge is 2.40. The minimum absolute atomic E-state index is 0.731. The van der Waals surface area contributed by atoms with Gasteiger partial charge in [0.1, 0.15) is 0 Å². The van der Waals surface area contributed by atoms with Crippen molar-refractivity contribution in [1.29, 1.82) is 0 Å². The molecule has 0 spiro atoms. The second kappa shape index (κ2) is 4.43. The van der Waals surface area contributed by atoms with Crippen molar-refractivity contribution in [2.45, 2.75) is 57.5 Å². The number of aryl methyl sites for hydroxylation is 1. The largest absolute Gasteiger partial charge is 0.381 e. The first-order valence-electron chi connectivity index (χ1n) is 7.96. The van der Waals surface area contributed by atoms with Gasteiger partial charge in [0.25, 0.3) is 0 Å². The average Bonchev–Trinajstić information content (AvgIpc) is 2.46. The molecule has 0 amide bonds. The summed E-state index contributed by atoms with van der Waals surface area (Å²) in [6.07, 6.45) is 8.59. The standard InChI is InChI=1S/C17H24N2/c1-12-6-9-17-15(10-12)18-11-14-8-7-13-4-2-3-5-16(13)19(14)17/h6,9-10,13-14,16,18H,2-5,7-8,11H2,1H3. The Balaban J connectivity index is 1.74. The highest BCUT2D eigenvalue weighted by Crippen LogP contribution is 2.44. The van der Waals surface area contributed by atoms with Gasteiger partial charge >= 0.3 is 0 Å². The fourth-order valence-electron chi connectivity index (χ4n) is 4.53. The first kappa shape index (κ1) is 11.6. The molecule has 0 bridgehead atoms. The number of hydrogen-bond donors (Lipinski definition) is 1. The molecule has 0 aromatic heterocycles. The van der Waals surface area contributed by atoms with Gasteiger partial charge in [0.15, 0.2) is 0 Å². The maximum Gasteiger partial charge on any atom is 0.0607 e. The summed E-state index contributed by atoms with van der Waals surface area (Å²) >= 11 is 0. The van der Waals surface area contributed by atoms with Crippen LogP contribution in [0.5, 0.6) is 0 Å². The normalized spacial score (nSPS) is 32.9. The smallest absolute Gasteiger partial charge is 0.0607 e. The minimum Gasteiger partial charge on any atom is -0.381 e. The van der Waals surface area contributed by atoms with Crippen LogP contribution >= 0.6 is 0 Å². The van der Waals surface area contributed by atoms with E-state index in [0.717, 1.165) is 24.5 Å². The SMILES string of the molecule is Cc1ccc2c(c1)NCC1CCC3CCCCC3N21. The van der Waals surface area contributed by atoms with Crippen molar-refractivity contribution in [3.8, 4) is 0 Å². The number of rotatable bonds is 0. The zero-order valence-corrected chi connectivity index (χ0v) is 11.9. The molecular weight excluding hydrogens is 232 g/mol. The molecule has 1 aliphatic carbocycles. The van der Waals surface area contributed by atoms with Gasteiger partial charge < -0.3 is 10.2 Å². The molecule has 19 heavy (non-hydrogen) atoms. The van der Waals surface area contributed by atoms with Crippen LogP contribution in [0.1, 0.15) is 44.1 Å². The Labute approximate surface area is 116 Å². The van der Waals surface area contributed by atoms with Crippen molar-refractivity contribution in [1.82, 2.24) is 0 Å². The van der Waals surface area contributed by atoms with Gasteiger partial charge in [-0.1, -0.05) is 18.9 Å². The molecule has 2 aliphatic heterocycles. The van der Waals surface area contributed by atoms with Gasteiger partial charge in [-0.3, -0.25) is 0 Å². The monoisotopic (exact) mass is 256 g/mol. The van der Waals surface area contributed by atoms with Crippen molar-refractivity contribution >= 4 is 11.4 Å². The van der Waals surface area contributed by atoms with Crippen molar-refractivity contribution in [2.24, 2.45) is 5.92 Å². The molecule has 1 N–H and O–H groups in total. The fourth-order valence-corrected chi connectivity index (χ4v) is 4.53. The summed E-state index contributed by atoms with van der Waals surface area (Å²) < 4.78 is 0. The first-order chi connectivity index (χ1) is 9.33. The predicted octanol–water partition coefficient (Wildman–Crippen LogP) is 3.95. The number of hydrogen-bond acceptors (Lipinski definition) is 2. The van der Waals surface area contributed by atoms with Crippen LogP contribution in [0.25, 0.3) is 0 Å². The summed E-state index contributed by atoms with van der Waals surface area (Å²) in [5, 5.41) is 3.66. The lowest BCUT2D eigenvalue weighted by Gasteiger charge is -2.52. The van der Waals surface area contributed by atoms with Gasteiger partial charge in [0.2, 0.25) is 0 Å². The molecule has 3 unspecified atom stereocenters. The van der Waals surface area contributed by atoms with Gasteiger partial charge in [-0.25, -0.2) is 0 Å². The highest BCUT2D eigenvalue weighted by molar-refractivity contribution is 5.74. The first-order valence-corrected chi connectivity index (χ1v) is 7.96. The molecule has 2 fully saturated rings. The van der Waals surface area contributed by atoms with E-state index >= 15 is 0 Å². The van der Waals surface area contributed by atoms with Crippen LogP contribution < -0.4 is 10.2 Å². The van der Waals surface area contributed by atoms with Gasteiger partial charge in [0, 0.05) is 18.6 Å². The maximum absolute atomic E-state index is 3.66. The van der Waals surface area contributed by atoms with E-state index in [4.69, 9.17) is 0 Å². The molecule has 2 nitrogen and oxygen atoms in total. The fraction of sp³-hybridized carbons (Fsp3) is 0.647. The molecule has 3 aliphatic rings. The Hall–Kier alpha value is -1.18. The van der Waals surface area contributed by atoms with E-state index < -0.39 is 0 Å². The topological polar surface area (TPSA) is 15.3 Å². The van der Waals surface area contributed by atoms with Crippen LogP contribution in [0.3, 0.4) is 0 Å². The van der Waals surface area contributed by atoms with Gasteiger partial charge in [0.05, 0.1) is 11.4 Å². The molecule has 2 heterocycles. The third-order valence-electron chi connectivity index (χ3n) is 5.45. The number of benzene rings is 1. The van der Waals surface area contributed by atoms with Crippen molar-refractivity contribution in [3.63, 3.8) is 0 Å². The van der Waals surface area contributed by atoms with Crippen LogP contribution in [-0.2, 0) is 0 Å². The van der Waals surface area contributed by atoms with E-state index in [0.29, 0.717) is 0 Å². The lowest BCUT2D eigenvalue weighted by Crippen LogP contribution is -2.56. The molecule has 1 aromatic rings. The quantitative estimate of drug-likeness (QED) is 0.756. The van der Waals surface area contributed by atoms with E-state index in [2.05, 4.69) is 35.3 Å². The number of anilines is 2. The Morgan fingerprint density at radius 2 is 2.00 bits per heavy atom. The summed E-state index contributed by atoms with van der Waals surface area (Å²) in [4.78, 5) is 2.79. The Morgan fingerprint density at radius 3 is 2.95 bits per heavy atom. The van der Waals surface area contributed by atoms with Crippen molar-refractivity contribution in [3.05, 3.63) is 23.8 Å². The second-order valence-corrected chi connectivity index (χ2v) is 6.65. The Morgan fingerprint density at radius 1 is 1.11 bits per heavy atom. The Bertz CT molecular complexity index is 482. The highest BCUT2D eigenvalue weighted by atomic mass is 15.3. The third kappa shape index (κ3) is 1.84. The van der Waals surface area contributed by atoms with Gasteiger partial charge in [-0.2, -0.15) is 0 Å². The summed E-state index contributed by atoms with van der Waals surface area (Å²) in [6.45, 7) is 3.33. The van der Waals surface area contributed by atoms with Crippen LogP contribution in [0, 0.1) is 12.8 Å². The number of nitrogens with one attached hydrogen (secondary N) is 1. The average molecular weight is 256 g/mol. The van der Waals surface area contributed by atoms with E-state index in [1.807, 2.05) is 0 Å². The molecule has 4 rings (SSSR count). The van der Waals surface area contributed by atoms with Gasteiger partial charge in [-0.15, -0.1) is 0 Å². The summed E-state index contributed by atoms with van der Waals surface area (Å²) in [5.74, 6) is 0.956. The second-order valence-electron chi connectivity index (χ2n) is 6.65. The lowest BCUT2D eigenvalue weighted by atomic mass is 9.75. The van der Waals surface area contributed by atoms with Gasteiger partial charge in [-0.05, 0) is 56.2 Å². The molecule has 1 aromatic carbocycles. The van der Waals surface area contributed by atoms with E-state index in [9.17, 15) is 0 Å². The summed E-state index contributed by atoms with van der Waals surface area (Å²) in [5.41, 5.74) is 4.20. The molecule has 3 atom stereocenters. The zero-order valence-electron chi connectivity index (χ0n) is 11.9. The molecular formula is C17H24N2. The van der Waals surface area contributed by atoms with Crippen molar-refractivity contribution < 1.29 is 0 Å². The van der Waals surface area contributed by atoms with E-state index in [1.54, 1.807) is 0 Å². The minimum atomic E-state index is 0.731. The number of fused-ring (bicyclic) bond motifs is 5. The lowest BCUT2D eigenvalue weighted by molar-refractivity contribution is 0.215. The summed E-state index contributed by atoms with van der Waals surface area (Å²) in [7, 11) is 0. The van der Waals surface area contributed by atoms with Crippen molar-refractivity contribution in [2.75, 3.05) is 16.8 Å². The molecule has 1 saturated heterocycles. The molecule has 1 saturated carbocycles. The summed E-state index contributed by atoms with van der Waals surface area (Å²) in [6, 6.07) is 8.49.